The molecule has 2 N–H and O–H groups in total. The van der Waals surface area contributed by atoms with Gasteiger partial charge in [0.2, 0.25) is 0 Å². The van der Waals surface area contributed by atoms with E-state index in [9.17, 15) is 4.79 Å². The van der Waals surface area contributed by atoms with Crippen LogP contribution < -0.4 is 0 Å². The second-order valence-corrected chi connectivity index (χ2v) is 8.99. The predicted octanol–water partition coefficient (Wildman–Crippen LogP) is 6.04. The second-order valence-electron chi connectivity index (χ2n) is 7.91. The summed E-state index contributed by atoms with van der Waals surface area (Å²) in [6.45, 7) is 1.60. The van der Waals surface area contributed by atoms with Crippen molar-refractivity contribution < 1.29 is 4.79 Å². The third-order valence-corrected chi connectivity index (χ3v) is 6.96. The Hall–Kier alpha value is -3.97. The van der Waals surface area contributed by atoms with E-state index in [1.165, 1.54) is 11.3 Å². The van der Waals surface area contributed by atoms with E-state index in [1.54, 1.807) is 11.6 Å². The van der Waals surface area contributed by atoms with E-state index < -0.39 is 0 Å². The van der Waals surface area contributed by atoms with Gasteiger partial charge in [-0.2, -0.15) is 10.2 Å². The van der Waals surface area contributed by atoms with Gasteiger partial charge in [0.05, 0.1) is 22.3 Å². The molecule has 0 saturated heterocycles. The zero-order chi connectivity index (χ0) is 21.8. The number of carbonyl (C=O) groups is 1. The van der Waals surface area contributed by atoms with Crippen molar-refractivity contribution in [3.63, 3.8) is 0 Å². The van der Waals surface area contributed by atoms with Crippen LogP contribution in [0.1, 0.15) is 16.6 Å². The summed E-state index contributed by atoms with van der Waals surface area (Å²) in [5, 5.41) is 14.2. The maximum atomic E-state index is 11.8. The first-order valence-corrected chi connectivity index (χ1v) is 11.1. The number of nitrogens with one attached hydrogen (secondary N) is 2. The lowest BCUT2D eigenvalue weighted by atomic mass is 10.0. The molecule has 32 heavy (non-hydrogen) atoms. The number of aromatic amines is 2. The van der Waals surface area contributed by atoms with Gasteiger partial charge in [-0.15, -0.1) is 11.3 Å². The number of fused-ring (bicyclic) bond motifs is 2. The molecule has 6 nitrogen and oxygen atoms in total. The fourth-order valence-corrected chi connectivity index (χ4v) is 5.08. The summed E-state index contributed by atoms with van der Waals surface area (Å²) >= 11 is 1.53. The van der Waals surface area contributed by atoms with Crippen LogP contribution in [0.2, 0.25) is 0 Å². The Kier molecular flexibility index (Phi) is 4.13. The zero-order valence-electron chi connectivity index (χ0n) is 17.5. The Balaban J connectivity index is 1.49. The van der Waals surface area contributed by atoms with E-state index in [-0.39, 0.29) is 5.78 Å². The molecule has 7 heteroatoms. The van der Waals surface area contributed by atoms with Crippen molar-refractivity contribution in [2.45, 2.75) is 6.92 Å². The third-order valence-electron chi connectivity index (χ3n) is 5.74. The molecule has 0 bridgehead atoms. The first-order valence-electron chi connectivity index (χ1n) is 10.3. The summed E-state index contributed by atoms with van der Waals surface area (Å²) in [6.07, 6.45) is 3.87. The molecule has 0 amide bonds. The summed E-state index contributed by atoms with van der Waals surface area (Å²) in [7, 11) is 1.92. The average molecular weight is 438 g/mol. The van der Waals surface area contributed by atoms with Gasteiger partial charge in [-0.3, -0.25) is 14.6 Å². The molecule has 0 saturated carbocycles. The number of nitrogens with zero attached hydrogens (tertiary/aromatic N) is 3. The van der Waals surface area contributed by atoms with Crippen LogP contribution >= 0.6 is 11.3 Å². The number of aromatic nitrogens is 5. The van der Waals surface area contributed by atoms with Gasteiger partial charge in [0.15, 0.2) is 5.78 Å². The minimum absolute atomic E-state index is 0.0931. The standard InChI is InChI=1S/C25H19N5OS/c1-14(31)23-8-9-24(32-23)17-4-3-5-20-18(17)11-22(27-20)25-19-10-15(6-7-21(19)28-29-25)16-12-26-30(2)13-16/h3-13,27H,1-2H3,(H,28,29). The van der Waals surface area contributed by atoms with Crippen LogP contribution in [-0.4, -0.2) is 30.7 Å². The largest absolute Gasteiger partial charge is 0.353 e. The molecule has 0 aliphatic heterocycles. The lowest BCUT2D eigenvalue weighted by Crippen LogP contribution is -1.84. The first kappa shape index (κ1) is 18.8. The van der Waals surface area contributed by atoms with Crippen molar-refractivity contribution in [1.29, 1.82) is 0 Å². The number of aryl methyl sites for hydroxylation is 1. The van der Waals surface area contributed by atoms with Gasteiger partial charge >= 0.3 is 0 Å². The summed E-state index contributed by atoms with van der Waals surface area (Å²) in [5.74, 6) is 0.0931. The molecule has 2 aromatic carbocycles. The van der Waals surface area contributed by atoms with Gasteiger partial charge in [0.1, 0.15) is 5.69 Å². The minimum Gasteiger partial charge on any atom is -0.353 e. The molecule has 4 heterocycles. The van der Waals surface area contributed by atoms with Crippen molar-refractivity contribution in [3.05, 3.63) is 71.9 Å². The van der Waals surface area contributed by atoms with Gasteiger partial charge in [-0.05, 0) is 48.9 Å². The van der Waals surface area contributed by atoms with Crippen LogP contribution in [0.4, 0.5) is 0 Å². The van der Waals surface area contributed by atoms with E-state index in [0.717, 1.165) is 59.6 Å². The first-order chi connectivity index (χ1) is 15.6. The highest BCUT2D eigenvalue weighted by Crippen LogP contribution is 2.37. The molecule has 0 fully saturated rings. The Morgan fingerprint density at radius 3 is 2.69 bits per heavy atom. The van der Waals surface area contributed by atoms with Gasteiger partial charge in [0.25, 0.3) is 0 Å². The van der Waals surface area contributed by atoms with Crippen molar-refractivity contribution in [1.82, 2.24) is 25.0 Å². The molecule has 0 aliphatic rings. The van der Waals surface area contributed by atoms with Crippen LogP contribution in [0.25, 0.3) is 54.8 Å². The summed E-state index contributed by atoms with van der Waals surface area (Å²) in [6, 6.07) is 18.5. The zero-order valence-corrected chi connectivity index (χ0v) is 18.3. The van der Waals surface area contributed by atoms with Crippen molar-refractivity contribution in [3.8, 4) is 33.0 Å². The quantitative estimate of drug-likeness (QED) is 0.330. The number of carbonyl (C=O) groups excluding carboxylic acids is 1. The number of hydrogen-bond acceptors (Lipinski definition) is 4. The topological polar surface area (TPSA) is 79.4 Å². The molecular formula is C25H19N5OS. The van der Waals surface area contributed by atoms with Gasteiger partial charge < -0.3 is 4.98 Å². The van der Waals surface area contributed by atoms with Gasteiger partial charge in [-0.25, -0.2) is 0 Å². The van der Waals surface area contributed by atoms with E-state index in [0.29, 0.717) is 0 Å². The highest BCUT2D eigenvalue weighted by molar-refractivity contribution is 7.17. The molecule has 0 radical (unpaired) electrons. The summed E-state index contributed by atoms with van der Waals surface area (Å²) < 4.78 is 1.80. The van der Waals surface area contributed by atoms with Crippen molar-refractivity contribution in [2.75, 3.05) is 0 Å². The Bertz CT molecular complexity index is 1630. The minimum atomic E-state index is 0.0931. The smallest absolute Gasteiger partial charge is 0.169 e. The monoisotopic (exact) mass is 437 g/mol. The average Bonchev–Trinajstić information content (AvgIpc) is 3.56. The molecule has 0 atom stereocenters. The molecule has 4 aromatic heterocycles. The summed E-state index contributed by atoms with van der Waals surface area (Å²) in [5.41, 5.74) is 7.12. The number of rotatable bonds is 4. The number of Topliss-reactive ketones (excluding diaryl/α,β-unsaturated/α-hetero) is 1. The predicted molar refractivity (Wildman–Crippen MR) is 129 cm³/mol. The number of hydrogen-bond donors (Lipinski definition) is 2. The lowest BCUT2D eigenvalue weighted by Gasteiger charge is -1.99. The molecule has 0 spiro atoms. The van der Waals surface area contributed by atoms with Gasteiger partial charge in [0, 0.05) is 45.5 Å². The van der Waals surface area contributed by atoms with Gasteiger partial charge in [-0.1, -0.05) is 18.2 Å². The van der Waals surface area contributed by atoms with Crippen LogP contribution in [-0.2, 0) is 7.05 Å². The fourth-order valence-electron chi connectivity index (χ4n) is 4.14. The maximum absolute atomic E-state index is 11.8. The molecule has 156 valence electrons. The third kappa shape index (κ3) is 2.98. The van der Waals surface area contributed by atoms with Crippen LogP contribution in [0, 0.1) is 0 Å². The summed E-state index contributed by atoms with van der Waals surface area (Å²) in [4.78, 5) is 17.1. The van der Waals surface area contributed by atoms with Crippen LogP contribution in [0.15, 0.2) is 67.0 Å². The molecule has 0 aliphatic carbocycles. The highest BCUT2D eigenvalue weighted by Gasteiger charge is 2.15. The highest BCUT2D eigenvalue weighted by atomic mass is 32.1. The van der Waals surface area contributed by atoms with E-state index >= 15 is 0 Å². The second kappa shape index (κ2) is 7.03. The van der Waals surface area contributed by atoms with E-state index in [4.69, 9.17) is 0 Å². The van der Waals surface area contributed by atoms with Crippen molar-refractivity contribution >= 4 is 38.9 Å². The fraction of sp³-hybridized carbons (Fsp3) is 0.0800. The Morgan fingerprint density at radius 1 is 1.00 bits per heavy atom. The SMILES string of the molecule is CC(=O)c1ccc(-c2cccc3[nH]c(-c4n[nH]c5ccc(-c6cnn(C)c6)cc45)cc23)s1. The van der Waals surface area contributed by atoms with Crippen molar-refractivity contribution in [2.24, 2.45) is 7.05 Å². The molecule has 0 unspecified atom stereocenters. The van der Waals surface area contributed by atoms with Crippen LogP contribution in [0.5, 0.6) is 0 Å². The number of ketones is 1. The van der Waals surface area contributed by atoms with Crippen LogP contribution in [0.3, 0.4) is 0 Å². The Labute approximate surface area is 187 Å². The lowest BCUT2D eigenvalue weighted by molar-refractivity contribution is 0.102. The molecular weight excluding hydrogens is 418 g/mol. The normalized spacial score (nSPS) is 11.6. The number of H-pyrrole nitrogens is 2. The molecule has 6 aromatic rings. The van der Waals surface area contributed by atoms with E-state index in [1.807, 2.05) is 37.6 Å². The van der Waals surface area contributed by atoms with E-state index in [2.05, 4.69) is 56.7 Å². The molecule has 6 rings (SSSR count). The number of thiophene rings is 1. The number of benzene rings is 2. The maximum Gasteiger partial charge on any atom is 0.169 e. The Morgan fingerprint density at radius 2 is 1.91 bits per heavy atom.